The van der Waals surface area contributed by atoms with Crippen LogP contribution in [0.25, 0.3) is 0 Å². The fourth-order valence-corrected chi connectivity index (χ4v) is 2.10. The molecule has 1 saturated heterocycles. The van der Waals surface area contributed by atoms with Crippen molar-refractivity contribution in [3.63, 3.8) is 0 Å². The molecule has 2 amide bonds. The molecule has 1 aliphatic rings. The zero-order chi connectivity index (χ0) is 13.8. The Kier molecular flexibility index (Phi) is 3.99. The molecule has 0 atom stereocenters. The molecule has 1 aliphatic heterocycles. The minimum atomic E-state index is -0.434. The number of piperazine rings is 1. The third kappa shape index (κ3) is 3.01. The van der Waals surface area contributed by atoms with Crippen molar-refractivity contribution in [3.05, 3.63) is 23.9 Å². The third-order valence-corrected chi connectivity index (χ3v) is 3.11. The smallest absolute Gasteiger partial charge is 0.312 e. The Labute approximate surface area is 112 Å². The topological polar surface area (TPSA) is 79.5 Å². The van der Waals surface area contributed by atoms with Crippen molar-refractivity contribution in [2.75, 3.05) is 25.4 Å². The lowest BCUT2D eigenvalue weighted by Crippen LogP contribution is -2.53. The first-order valence-corrected chi connectivity index (χ1v) is 6.40. The van der Waals surface area contributed by atoms with E-state index in [4.69, 9.17) is 5.73 Å². The maximum Gasteiger partial charge on any atom is 0.312 e. The van der Waals surface area contributed by atoms with Gasteiger partial charge in [0.15, 0.2) is 0 Å². The molecule has 0 aromatic carbocycles. The van der Waals surface area contributed by atoms with Gasteiger partial charge in [-0.25, -0.2) is 4.98 Å². The summed E-state index contributed by atoms with van der Waals surface area (Å²) >= 11 is 0. The number of anilines is 1. The first-order chi connectivity index (χ1) is 9.11. The Hall–Kier alpha value is -2.11. The van der Waals surface area contributed by atoms with Crippen molar-refractivity contribution in [1.29, 1.82) is 0 Å². The summed E-state index contributed by atoms with van der Waals surface area (Å²) in [5.41, 5.74) is 6.38. The summed E-state index contributed by atoms with van der Waals surface area (Å²) in [5.74, 6) is -0.396. The minimum Gasteiger partial charge on any atom is -0.384 e. The van der Waals surface area contributed by atoms with Crippen LogP contribution in [0.5, 0.6) is 0 Å². The molecule has 102 valence electrons. The summed E-state index contributed by atoms with van der Waals surface area (Å²) in [7, 11) is 0. The van der Waals surface area contributed by atoms with E-state index in [-0.39, 0.29) is 0 Å². The average Bonchev–Trinajstić information content (AvgIpc) is 2.41. The number of nitrogens with zero attached hydrogens (tertiary/aromatic N) is 3. The summed E-state index contributed by atoms with van der Waals surface area (Å²) in [4.78, 5) is 31.0. The highest BCUT2D eigenvalue weighted by molar-refractivity contribution is 6.35. The summed E-state index contributed by atoms with van der Waals surface area (Å²) < 4.78 is 0. The third-order valence-electron chi connectivity index (χ3n) is 3.11. The van der Waals surface area contributed by atoms with E-state index in [1.807, 2.05) is 13.0 Å². The van der Waals surface area contributed by atoms with Gasteiger partial charge in [0, 0.05) is 32.4 Å². The molecule has 2 heterocycles. The molecule has 0 unspecified atom stereocenters. The number of rotatable bonds is 4. The summed E-state index contributed by atoms with van der Waals surface area (Å²) in [5, 5.41) is 0. The minimum absolute atomic E-state index is 0.401. The van der Waals surface area contributed by atoms with Crippen LogP contribution in [-0.4, -0.2) is 46.2 Å². The fourth-order valence-electron chi connectivity index (χ4n) is 2.10. The van der Waals surface area contributed by atoms with Gasteiger partial charge in [-0.2, -0.15) is 0 Å². The summed E-state index contributed by atoms with van der Waals surface area (Å²) in [6.45, 7) is 4.19. The molecule has 0 saturated carbocycles. The highest BCUT2D eigenvalue weighted by Gasteiger charge is 2.31. The number of carbonyl (C=O) groups is 2. The monoisotopic (exact) mass is 262 g/mol. The van der Waals surface area contributed by atoms with Gasteiger partial charge < -0.3 is 15.5 Å². The number of amides is 2. The zero-order valence-electron chi connectivity index (χ0n) is 11.0. The lowest BCUT2D eigenvalue weighted by molar-refractivity contribution is -0.156. The molecule has 0 spiro atoms. The predicted molar refractivity (Wildman–Crippen MR) is 70.9 cm³/mol. The Morgan fingerprint density at radius 2 is 1.89 bits per heavy atom. The van der Waals surface area contributed by atoms with Crippen molar-refractivity contribution < 1.29 is 9.59 Å². The largest absolute Gasteiger partial charge is 0.384 e. The van der Waals surface area contributed by atoms with Crippen LogP contribution in [0.1, 0.15) is 18.9 Å². The number of aromatic nitrogens is 1. The fraction of sp³-hybridized carbons (Fsp3) is 0.462. The SMILES string of the molecule is CCCN1CCN(Cc2ccc(N)nc2)C(=O)C1=O. The van der Waals surface area contributed by atoms with E-state index in [9.17, 15) is 9.59 Å². The highest BCUT2D eigenvalue weighted by Crippen LogP contribution is 2.11. The number of nitrogens with two attached hydrogens (primary N) is 1. The van der Waals surface area contributed by atoms with Crippen LogP contribution in [0.15, 0.2) is 18.3 Å². The first-order valence-electron chi connectivity index (χ1n) is 6.40. The molecule has 6 nitrogen and oxygen atoms in total. The van der Waals surface area contributed by atoms with Crippen LogP contribution in [-0.2, 0) is 16.1 Å². The van der Waals surface area contributed by atoms with Crippen molar-refractivity contribution >= 4 is 17.6 Å². The predicted octanol–water partition coefficient (Wildman–Crippen LogP) is 0.245. The normalized spacial score (nSPS) is 16.1. The number of pyridine rings is 1. The lowest BCUT2D eigenvalue weighted by atomic mass is 10.2. The molecule has 0 aliphatic carbocycles. The van der Waals surface area contributed by atoms with E-state index in [0.29, 0.717) is 32.0 Å². The van der Waals surface area contributed by atoms with Crippen LogP contribution < -0.4 is 5.73 Å². The van der Waals surface area contributed by atoms with Crippen LogP contribution in [0.2, 0.25) is 0 Å². The zero-order valence-corrected chi connectivity index (χ0v) is 11.0. The van der Waals surface area contributed by atoms with Crippen LogP contribution >= 0.6 is 0 Å². The summed E-state index contributed by atoms with van der Waals surface area (Å²) in [6.07, 6.45) is 2.49. The molecule has 2 N–H and O–H groups in total. The van der Waals surface area contributed by atoms with Gasteiger partial charge in [-0.15, -0.1) is 0 Å². The Morgan fingerprint density at radius 3 is 2.53 bits per heavy atom. The van der Waals surface area contributed by atoms with Gasteiger partial charge in [-0.1, -0.05) is 13.0 Å². The van der Waals surface area contributed by atoms with Crippen LogP contribution in [0.4, 0.5) is 5.82 Å². The molecular formula is C13H18N4O2. The van der Waals surface area contributed by atoms with Crippen molar-refractivity contribution in [3.8, 4) is 0 Å². The second kappa shape index (κ2) is 5.69. The average molecular weight is 262 g/mol. The van der Waals surface area contributed by atoms with Crippen LogP contribution in [0, 0.1) is 0 Å². The second-order valence-electron chi connectivity index (χ2n) is 4.61. The molecule has 0 bridgehead atoms. The van der Waals surface area contributed by atoms with Crippen LogP contribution in [0.3, 0.4) is 0 Å². The molecular weight excluding hydrogens is 244 g/mol. The van der Waals surface area contributed by atoms with E-state index >= 15 is 0 Å². The Morgan fingerprint density at radius 1 is 1.21 bits per heavy atom. The highest BCUT2D eigenvalue weighted by atomic mass is 16.2. The Balaban J connectivity index is 2.01. The molecule has 19 heavy (non-hydrogen) atoms. The molecule has 2 rings (SSSR count). The van der Waals surface area contributed by atoms with E-state index in [0.717, 1.165) is 12.0 Å². The quantitative estimate of drug-likeness (QED) is 0.789. The van der Waals surface area contributed by atoms with Gasteiger partial charge >= 0.3 is 11.8 Å². The molecule has 1 aromatic rings. The van der Waals surface area contributed by atoms with Gasteiger partial charge in [0.1, 0.15) is 5.82 Å². The second-order valence-corrected chi connectivity index (χ2v) is 4.61. The molecule has 1 fully saturated rings. The maximum atomic E-state index is 12.0. The number of hydrogen-bond donors (Lipinski definition) is 1. The van der Waals surface area contributed by atoms with Gasteiger partial charge in [-0.3, -0.25) is 9.59 Å². The standard InChI is InChI=1S/C13H18N4O2/c1-2-5-16-6-7-17(13(19)12(16)18)9-10-3-4-11(14)15-8-10/h3-4,8H,2,5-7,9H2,1H3,(H2,14,15). The maximum absolute atomic E-state index is 12.0. The summed E-state index contributed by atoms with van der Waals surface area (Å²) in [6, 6.07) is 3.51. The van der Waals surface area contributed by atoms with Crippen molar-refractivity contribution in [2.45, 2.75) is 19.9 Å². The van der Waals surface area contributed by atoms with Gasteiger partial charge in [0.2, 0.25) is 0 Å². The number of hydrogen-bond acceptors (Lipinski definition) is 4. The lowest BCUT2D eigenvalue weighted by Gasteiger charge is -2.33. The molecule has 1 aromatic heterocycles. The van der Waals surface area contributed by atoms with Crippen molar-refractivity contribution in [1.82, 2.24) is 14.8 Å². The van der Waals surface area contributed by atoms with Gasteiger partial charge in [0.25, 0.3) is 0 Å². The Bertz CT molecular complexity index is 472. The van der Waals surface area contributed by atoms with E-state index in [1.54, 1.807) is 22.1 Å². The number of nitrogen functional groups attached to an aromatic ring is 1. The molecule has 6 heteroatoms. The van der Waals surface area contributed by atoms with Gasteiger partial charge in [-0.05, 0) is 18.1 Å². The van der Waals surface area contributed by atoms with E-state index in [1.165, 1.54) is 0 Å². The van der Waals surface area contributed by atoms with Crippen molar-refractivity contribution in [2.24, 2.45) is 0 Å². The molecule has 0 radical (unpaired) electrons. The van der Waals surface area contributed by atoms with E-state index < -0.39 is 11.8 Å². The number of carbonyl (C=O) groups excluding carboxylic acids is 2. The van der Waals surface area contributed by atoms with E-state index in [2.05, 4.69) is 4.98 Å². The van der Waals surface area contributed by atoms with Gasteiger partial charge in [0.05, 0.1) is 0 Å². The first kappa shape index (κ1) is 13.3.